The molecule has 4 heteroatoms. The third-order valence-corrected chi connectivity index (χ3v) is 4.94. The van der Waals surface area contributed by atoms with Gasteiger partial charge < -0.3 is 9.64 Å². The number of methoxy groups -OCH3 is 1. The van der Waals surface area contributed by atoms with Crippen LogP contribution in [-0.4, -0.2) is 25.7 Å². The smallest absolute Gasteiger partial charge is 0.330 e. The highest BCUT2D eigenvalue weighted by Gasteiger charge is 2.18. The largest absolute Gasteiger partial charge is 0.466 e. The molecule has 1 aromatic rings. The maximum atomic E-state index is 14.6. The van der Waals surface area contributed by atoms with Crippen molar-refractivity contribution in [2.24, 2.45) is 0 Å². The van der Waals surface area contributed by atoms with Gasteiger partial charge in [0.2, 0.25) is 0 Å². The van der Waals surface area contributed by atoms with Gasteiger partial charge in [0.15, 0.2) is 0 Å². The minimum atomic E-state index is -0.446. The Morgan fingerprint density at radius 3 is 2.63 bits per heavy atom. The van der Waals surface area contributed by atoms with Crippen LogP contribution in [0.4, 0.5) is 10.1 Å². The molecule has 0 aromatic heterocycles. The van der Waals surface area contributed by atoms with Crippen LogP contribution in [0.5, 0.6) is 0 Å². The number of ether oxygens (including phenoxy) is 1. The van der Waals surface area contributed by atoms with Crippen LogP contribution in [0.15, 0.2) is 47.8 Å². The van der Waals surface area contributed by atoms with E-state index >= 15 is 0 Å². The number of anilines is 1. The Morgan fingerprint density at radius 2 is 1.96 bits per heavy atom. The summed E-state index contributed by atoms with van der Waals surface area (Å²) in [5, 5.41) is 0. The van der Waals surface area contributed by atoms with Crippen molar-refractivity contribution in [3.05, 3.63) is 59.0 Å². The maximum Gasteiger partial charge on any atom is 0.330 e. The molecule has 146 valence electrons. The summed E-state index contributed by atoms with van der Waals surface area (Å²) in [6.45, 7) is 9.02. The number of benzene rings is 1. The molecule has 0 saturated carbocycles. The predicted octanol–water partition coefficient (Wildman–Crippen LogP) is 5.61. The molecular formula is C23H30FNO2. The Morgan fingerprint density at radius 1 is 1.22 bits per heavy atom. The lowest BCUT2D eigenvalue weighted by atomic mass is 9.99. The van der Waals surface area contributed by atoms with Crippen molar-refractivity contribution in [1.82, 2.24) is 0 Å². The van der Waals surface area contributed by atoms with Crippen LogP contribution in [0.3, 0.4) is 0 Å². The van der Waals surface area contributed by atoms with Crippen LogP contribution in [-0.2, 0) is 16.0 Å². The van der Waals surface area contributed by atoms with Gasteiger partial charge in [0.1, 0.15) is 5.83 Å². The Hall–Kier alpha value is -2.36. The van der Waals surface area contributed by atoms with Crippen molar-refractivity contribution in [2.75, 3.05) is 18.6 Å². The average Bonchev–Trinajstić information content (AvgIpc) is 2.87. The van der Waals surface area contributed by atoms with E-state index in [1.165, 1.54) is 36.9 Å². The molecule has 0 unspecified atom stereocenters. The maximum absolute atomic E-state index is 14.6. The second-order valence-electron chi connectivity index (χ2n) is 7.31. The van der Waals surface area contributed by atoms with Gasteiger partial charge >= 0.3 is 5.97 Å². The summed E-state index contributed by atoms with van der Waals surface area (Å²) >= 11 is 0. The van der Waals surface area contributed by atoms with Crippen LogP contribution in [0.2, 0.25) is 0 Å². The van der Waals surface area contributed by atoms with Crippen LogP contribution < -0.4 is 4.90 Å². The molecule has 27 heavy (non-hydrogen) atoms. The highest BCUT2D eigenvalue weighted by molar-refractivity contribution is 5.83. The van der Waals surface area contributed by atoms with Crippen molar-refractivity contribution in [3.63, 3.8) is 0 Å². The average molecular weight is 371 g/mol. The van der Waals surface area contributed by atoms with Gasteiger partial charge in [-0.3, -0.25) is 0 Å². The SMILES string of the molecule is COC(=O)/C=C(C)/C=C/C(F)=C(/C)c1ccc2c(c1)CCCCN2C(C)C. The normalized spacial score (nSPS) is 16.3. The Balaban J connectivity index is 2.29. The molecule has 1 aliphatic rings. The fourth-order valence-corrected chi connectivity index (χ4v) is 3.31. The summed E-state index contributed by atoms with van der Waals surface area (Å²) in [5.41, 5.74) is 4.69. The van der Waals surface area contributed by atoms with E-state index in [0.29, 0.717) is 17.2 Å². The van der Waals surface area contributed by atoms with Crippen LogP contribution in [0, 0.1) is 0 Å². The molecule has 2 rings (SSSR count). The van der Waals surface area contributed by atoms with E-state index in [1.807, 2.05) is 6.07 Å². The zero-order chi connectivity index (χ0) is 20.0. The van der Waals surface area contributed by atoms with Gasteiger partial charge in [-0.25, -0.2) is 9.18 Å². The van der Waals surface area contributed by atoms with Crippen molar-refractivity contribution in [2.45, 2.75) is 53.0 Å². The van der Waals surface area contributed by atoms with E-state index in [1.54, 1.807) is 19.9 Å². The lowest BCUT2D eigenvalue weighted by Crippen LogP contribution is -2.31. The molecule has 0 spiro atoms. The fourth-order valence-electron chi connectivity index (χ4n) is 3.31. The first-order valence-electron chi connectivity index (χ1n) is 9.54. The molecule has 0 radical (unpaired) electrons. The first-order chi connectivity index (χ1) is 12.8. The van der Waals surface area contributed by atoms with Crippen molar-refractivity contribution < 1.29 is 13.9 Å². The number of hydrogen-bond donors (Lipinski definition) is 0. The van der Waals surface area contributed by atoms with E-state index in [-0.39, 0.29) is 5.83 Å². The summed E-state index contributed by atoms with van der Waals surface area (Å²) in [6, 6.07) is 6.70. The number of nitrogens with zero attached hydrogens (tertiary/aromatic N) is 1. The molecule has 0 bridgehead atoms. The monoisotopic (exact) mass is 371 g/mol. The number of carbonyl (C=O) groups excluding carboxylic acids is 1. The molecule has 0 aliphatic carbocycles. The van der Waals surface area contributed by atoms with Crippen LogP contribution in [0.1, 0.15) is 51.7 Å². The van der Waals surface area contributed by atoms with Gasteiger partial charge in [-0.15, -0.1) is 0 Å². The van der Waals surface area contributed by atoms with E-state index in [4.69, 9.17) is 0 Å². The minimum absolute atomic E-state index is 0.304. The Kier molecular flexibility index (Phi) is 7.40. The highest BCUT2D eigenvalue weighted by atomic mass is 19.1. The summed E-state index contributed by atoms with van der Waals surface area (Å²) in [5.74, 6) is -0.749. The van der Waals surface area contributed by atoms with Gasteiger partial charge in [0, 0.05) is 24.4 Å². The zero-order valence-corrected chi connectivity index (χ0v) is 17.0. The highest BCUT2D eigenvalue weighted by Crippen LogP contribution is 2.31. The van der Waals surface area contributed by atoms with E-state index in [0.717, 1.165) is 24.9 Å². The molecular weight excluding hydrogens is 341 g/mol. The molecule has 0 N–H and O–H groups in total. The molecule has 1 heterocycles. The second kappa shape index (κ2) is 9.54. The Bertz CT molecular complexity index is 775. The Labute approximate surface area is 162 Å². The molecule has 0 saturated heterocycles. The van der Waals surface area contributed by atoms with Gasteiger partial charge in [-0.05, 0) is 87.4 Å². The van der Waals surface area contributed by atoms with Gasteiger partial charge in [-0.2, -0.15) is 0 Å². The molecule has 1 aromatic carbocycles. The summed E-state index contributed by atoms with van der Waals surface area (Å²) in [7, 11) is 1.32. The standard InChI is InChI=1S/C23H30FNO2/c1-16(2)25-13-7-6-8-20-15-19(10-12-22(20)25)18(4)21(24)11-9-17(3)14-23(26)27-5/h9-12,14-16H,6-8,13H2,1-5H3/b11-9+,17-14+,21-18+. The van der Waals surface area contributed by atoms with E-state index in [2.05, 4.69) is 35.6 Å². The zero-order valence-electron chi connectivity index (χ0n) is 17.0. The molecule has 3 nitrogen and oxygen atoms in total. The number of rotatable bonds is 5. The van der Waals surface area contributed by atoms with Crippen molar-refractivity contribution in [1.29, 1.82) is 0 Å². The third-order valence-electron chi connectivity index (χ3n) is 4.94. The number of fused-ring (bicyclic) bond motifs is 1. The number of hydrogen-bond acceptors (Lipinski definition) is 3. The summed E-state index contributed by atoms with van der Waals surface area (Å²) in [4.78, 5) is 13.7. The van der Waals surface area contributed by atoms with E-state index < -0.39 is 5.97 Å². The van der Waals surface area contributed by atoms with Crippen LogP contribution >= 0.6 is 0 Å². The van der Waals surface area contributed by atoms with Crippen LogP contribution in [0.25, 0.3) is 5.57 Å². The lowest BCUT2D eigenvalue weighted by molar-refractivity contribution is -0.134. The van der Waals surface area contributed by atoms with Gasteiger partial charge in [-0.1, -0.05) is 12.1 Å². The molecule has 0 atom stereocenters. The third kappa shape index (κ3) is 5.56. The first kappa shape index (κ1) is 20.9. The van der Waals surface area contributed by atoms with Gasteiger partial charge in [0.25, 0.3) is 0 Å². The predicted molar refractivity (Wildman–Crippen MR) is 110 cm³/mol. The molecule has 1 aliphatic heterocycles. The minimum Gasteiger partial charge on any atom is -0.466 e. The number of carbonyl (C=O) groups is 1. The summed E-state index contributed by atoms with van der Waals surface area (Å²) in [6.07, 6.45) is 7.68. The molecule has 0 amide bonds. The summed E-state index contributed by atoms with van der Waals surface area (Å²) < 4.78 is 19.2. The van der Waals surface area contributed by atoms with Crippen molar-refractivity contribution >= 4 is 17.2 Å². The lowest BCUT2D eigenvalue weighted by Gasteiger charge is -2.29. The number of halogens is 1. The number of esters is 1. The van der Waals surface area contributed by atoms with E-state index in [9.17, 15) is 9.18 Å². The molecule has 0 fully saturated rings. The number of aryl methyl sites for hydroxylation is 1. The second-order valence-corrected chi connectivity index (χ2v) is 7.31. The quantitative estimate of drug-likeness (QED) is 0.382. The van der Waals surface area contributed by atoms with Gasteiger partial charge in [0.05, 0.1) is 7.11 Å². The topological polar surface area (TPSA) is 29.5 Å². The van der Waals surface area contributed by atoms with Crippen molar-refractivity contribution in [3.8, 4) is 0 Å². The fraction of sp³-hybridized carbons (Fsp3) is 0.435. The number of allylic oxidation sites excluding steroid dienone is 5. The first-order valence-corrected chi connectivity index (χ1v) is 9.54.